The number of hydrogen-bond donors (Lipinski definition) is 1. The van der Waals surface area contributed by atoms with Gasteiger partial charge >= 0.3 is 11.9 Å². The van der Waals surface area contributed by atoms with Crippen LogP contribution in [0.25, 0.3) is 0 Å². The molecule has 0 radical (unpaired) electrons. The first kappa shape index (κ1) is 48.2. The van der Waals surface area contributed by atoms with Crippen molar-refractivity contribution in [2.75, 3.05) is 26.2 Å². The molecular formula is C48H85NO5. The van der Waals surface area contributed by atoms with Gasteiger partial charge in [-0.3, -0.25) is 9.59 Å². The van der Waals surface area contributed by atoms with E-state index in [1.165, 1.54) is 102 Å². The number of esters is 2. The number of nitrogens with zero attached hydrogens (tertiary/aromatic N) is 1. The van der Waals surface area contributed by atoms with Crippen LogP contribution in [-0.4, -0.2) is 60.4 Å². The van der Waals surface area contributed by atoms with Gasteiger partial charge in [0, 0.05) is 19.4 Å². The van der Waals surface area contributed by atoms with E-state index < -0.39 is 0 Å². The molecule has 6 nitrogen and oxygen atoms in total. The second-order valence-corrected chi connectivity index (χ2v) is 16.6. The van der Waals surface area contributed by atoms with Crippen molar-refractivity contribution in [3.05, 3.63) is 35.9 Å². The third kappa shape index (κ3) is 26.8. The van der Waals surface area contributed by atoms with Crippen LogP contribution in [-0.2, 0) is 25.5 Å². The van der Waals surface area contributed by atoms with Gasteiger partial charge in [0.05, 0.1) is 12.7 Å². The van der Waals surface area contributed by atoms with E-state index in [0.717, 1.165) is 110 Å². The van der Waals surface area contributed by atoms with Gasteiger partial charge in [0.2, 0.25) is 0 Å². The first-order chi connectivity index (χ1) is 26.5. The molecule has 312 valence electrons. The lowest BCUT2D eigenvalue weighted by molar-refractivity contribution is -0.150. The van der Waals surface area contributed by atoms with E-state index in [4.69, 9.17) is 9.47 Å². The number of aliphatic hydroxyl groups excluding tert-OH is 1. The van der Waals surface area contributed by atoms with Crippen LogP contribution >= 0.6 is 0 Å². The van der Waals surface area contributed by atoms with Crippen molar-refractivity contribution in [1.82, 2.24) is 4.90 Å². The van der Waals surface area contributed by atoms with Gasteiger partial charge in [-0.15, -0.1) is 0 Å². The average Bonchev–Trinajstić information content (AvgIpc) is 3.19. The number of aliphatic hydroxyl groups is 1. The fraction of sp³-hybridized carbons (Fsp3) is 0.833. The van der Waals surface area contributed by atoms with E-state index in [0.29, 0.717) is 25.4 Å². The normalized spacial score (nSPS) is 14.7. The zero-order valence-electron chi connectivity index (χ0n) is 35.4. The number of benzene rings is 1. The second-order valence-electron chi connectivity index (χ2n) is 16.6. The largest absolute Gasteiger partial charge is 0.466 e. The van der Waals surface area contributed by atoms with Crippen molar-refractivity contribution in [2.45, 2.75) is 225 Å². The molecule has 1 aliphatic rings. The molecule has 0 heterocycles. The molecule has 1 saturated carbocycles. The highest BCUT2D eigenvalue weighted by atomic mass is 16.5. The van der Waals surface area contributed by atoms with E-state index in [2.05, 4.69) is 49.1 Å². The zero-order valence-corrected chi connectivity index (χ0v) is 35.4. The minimum atomic E-state index is -0.262. The number of rotatable bonds is 36. The molecule has 1 aromatic rings. The molecule has 2 unspecified atom stereocenters. The fourth-order valence-corrected chi connectivity index (χ4v) is 8.11. The van der Waals surface area contributed by atoms with E-state index in [-0.39, 0.29) is 24.1 Å². The Balaban J connectivity index is 1.61. The molecule has 1 fully saturated rings. The number of ether oxygens (including phenoxy) is 2. The summed E-state index contributed by atoms with van der Waals surface area (Å²) < 4.78 is 11.6. The molecular weight excluding hydrogens is 671 g/mol. The molecule has 0 bridgehead atoms. The standard InChI is InChI=1S/C48H85NO5/c1-3-5-7-9-12-24-36-45(35-23-8-6-4-2)54-48(52)38-26-14-15-27-39-49(42-46(50)44-33-21-17-22-34-44)40-28-29-41-53-47(51)37-25-13-10-11-18-30-43-31-19-16-20-32-43/h16,19-20,31-32,44-46,50H,3-15,17-18,21-30,33-42H2,1-2H3. The number of unbranched alkanes of at least 4 members (excludes halogenated alkanes) is 16. The molecule has 0 aromatic heterocycles. The molecule has 1 aliphatic carbocycles. The van der Waals surface area contributed by atoms with Gasteiger partial charge in [-0.2, -0.15) is 0 Å². The molecule has 54 heavy (non-hydrogen) atoms. The summed E-state index contributed by atoms with van der Waals surface area (Å²) in [5.74, 6) is 0.357. The molecule has 1 aromatic carbocycles. The summed E-state index contributed by atoms with van der Waals surface area (Å²) in [6, 6.07) is 10.7. The van der Waals surface area contributed by atoms with Crippen LogP contribution in [0.2, 0.25) is 0 Å². The Bertz CT molecular complexity index is 996. The minimum Gasteiger partial charge on any atom is -0.466 e. The van der Waals surface area contributed by atoms with Gasteiger partial charge in [-0.05, 0) is 108 Å². The van der Waals surface area contributed by atoms with Crippen molar-refractivity contribution in [3.8, 4) is 0 Å². The Kier molecular flexibility index (Phi) is 30.7. The summed E-state index contributed by atoms with van der Waals surface area (Å²) in [5.41, 5.74) is 1.41. The van der Waals surface area contributed by atoms with Crippen molar-refractivity contribution >= 4 is 11.9 Å². The lowest BCUT2D eigenvalue weighted by Gasteiger charge is -2.31. The monoisotopic (exact) mass is 756 g/mol. The molecule has 0 spiro atoms. The Morgan fingerprint density at radius 3 is 1.85 bits per heavy atom. The first-order valence-corrected chi connectivity index (χ1v) is 23.3. The van der Waals surface area contributed by atoms with Gasteiger partial charge in [-0.1, -0.05) is 147 Å². The van der Waals surface area contributed by atoms with Crippen molar-refractivity contribution in [1.29, 1.82) is 0 Å². The third-order valence-corrected chi connectivity index (χ3v) is 11.6. The van der Waals surface area contributed by atoms with E-state index in [9.17, 15) is 14.7 Å². The van der Waals surface area contributed by atoms with Gasteiger partial charge in [0.15, 0.2) is 0 Å². The maximum Gasteiger partial charge on any atom is 0.306 e. The molecule has 1 N–H and O–H groups in total. The maximum atomic E-state index is 12.8. The Morgan fingerprint density at radius 2 is 1.19 bits per heavy atom. The van der Waals surface area contributed by atoms with E-state index in [1.807, 2.05) is 0 Å². The van der Waals surface area contributed by atoms with Crippen molar-refractivity contribution < 1.29 is 24.2 Å². The first-order valence-electron chi connectivity index (χ1n) is 23.3. The lowest BCUT2D eigenvalue weighted by atomic mass is 9.85. The van der Waals surface area contributed by atoms with Crippen molar-refractivity contribution in [3.63, 3.8) is 0 Å². The minimum absolute atomic E-state index is 0.00561. The van der Waals surface area contributed by atoms with Crippen LogP contribution in [0.1, 0.15) is 212 Å². The van der Waals surface area contributed by atoms with Gasteiger partial charge < -0.3 is 19.5 Å². The van der Waals surface area contributed by atoms with Gasteiger partial charge in [0.25, 0.3) is 0 Å². The SMILES string of the molecule is CCCCCCCCC(CCCCCC)OC(=O)CCCCCCN(CCCCOC(=O)CCCCCCCc1ccccc1)CC(O)C1CCCCC1. The second kappa shape index (κ2) is 34.3. The van der Waals surface area contributed by atoms with Crippen molar-refractivity contribution in [2.24, 2.45) is 5.92 Å². The summed E-state index contributed by atoms with van der Waals surface area (Å²) in [4.78, 5) is 27.5. The summed E-state index contributed by atoms with van der Waals surface area (Å²) >= 11 is 0. The highest BCUT2D eigenvalue weighted by molar-refractivity contribution is 5.69. The van der Waals surface area contributed by atoms with Crippen LogP contribution in [0.4, 0.5) is 0 Å². The van der Waals surface area contributed by atoms with Crippen LogP contribution in [0.3, 0.4) is 0 Å². The average molecular weight is 756 g/mol. The quantitative estimate of drug-likeness (QED) is 0.0543. The predicted octanol–water partition coefficient (Wildman–Crippen LogP) is 12.7. The Labute approximate surface area is 333 Å². The topological polar surface area (TPSA) is 76.1 Å². The highest BCUT2D eigenvalue weighted by Crippen LogP contribution is 2.27. The smallest absolute Gasteiger partial charge is 0.306 e. The molecule has 0 saturated heterocycles. The number of hydrogen-bond acceptors (Lipinski definition) is 6. The van der Waals surface area contributed by atoms with Crippen LogP contribution in [0.15, 0.2) is 30.3 Å². The Hall–Kier alpha value is -1.92. The molecule has 2 rings (SSSR count). The van der Waals surface area contributed by atoms with Crippen LogP contribution in [0, 0.1) is 5.92 Å². The van der Waals surface area contributed by atoms with Crippen LogP contribution in [0.5, 0.6) is 0 Å². The number of aryl methyl sites for hydroxylation is 1. The number of carbonyl (C=O) groups is 2. The van der Waals surface area contributed by atoms with Gasteiger partial charge in [0.1, 0.15) is 6.10 Å². The molecule has 2 atom stereocenters. The summed E-state index contributed by atoms with van der Waals surface area (Å²) in [6.45, 7) is 7.62. The predicted molar refractivity (Wildman–Crippen MR) is 227 cm³/mol. The summed E-state index contributed by atoms with van der Waals surface area (Å²) in [6.07, 6.45) is 34.2. The summed E-state index contributed by atoms with van der Waals surface area (Å²) in [5, 5.41) is 11.1. The molecule has 0 amide bonds. The lowest BCUT2D eigenvalue weighted by Crippen LogP contribution is -2.38. The number of carbonyl (C=O) groups excluding carboxylic acids is 2. The Morgan fingerprint density at radius 1 is 0.648 bits per heavy atom. The highest BCUT2D eigenvalue weighted by Gasteiger charge is 2.23. The molecule has 0 aliphatic heterocycles. The third-order valence-electron chi connectivity index (χ3n) is 11.6. The van der Waals surface area contributed by atoms with E-state index in [1.54, 1.807) is 0 Å². The zero-order chi connectivity index (χ0) is 38.7. The van der Waals surface area contributed by atoms with E-state index >= 15 is 0 Å². The van der Waals surface area contributed by atoms with Gasteiger partial charge in [-0.25, -0.2) is 0 Å². The summed E-state index contributed by atoms with van der Waals surface area (Å²) in [7, 11) is 0. The van der Waals surface area contributed by atoms with Crippen LogP contribution < -0.4 is 0 Å². The molecule has 6 heteroatoms. The fourth-order valence-electron chi connectivity index (χ4n) is 8.11. The maximum absolute atomic E-state index is 12.8.